The molecule has 1 rings (SSSR count). The number of hydrogen-bond donors (Lipinski definition) is 2. The molecule has 0 atom stereocenters. The molecule has 0 bridgehead atoms. The van der Waals surface area contributed by atoms with Gasteiger partial charge < -0.3 is 11.1 Å². The predicted octanol–water partition coefficient (Wildman–Crippen LogP) is 3.30. The molecule has 0 fully saturated rings. The molecule has 0 unspecified atom stereocenters. The van der Waals surface area contributed by atoms with Crippen molar-refractivity contribution in [3.05, 3.63) is 34.9 Å². The van der Waals surface area contributed by atoms with Crippen LogP contribution in [0.15, 0.2) is 29.8 Å². The first-order valence-corrected chi connectivity index (χ1v) is 4.90. The first-order chi connectivity index (χ1) is 6.61. The summed E-state index contributed by atoms with van der Waals surface area (Å²) in [6.45, 7) is 4.89. The molecule has 3 N–H and O–H groups in total. The first-order valence-electron chi connectivity index (χ1n) is 4.52. The van der Waals surface area contributed by atoms with E-state index in [0.29, 0.717) is 10.7 Å². The van der Waals surface area contributed by atoms with Crippen molar-refractivity contribution in [1.82, 2.24) is 0 Å². The van der Waals surface area contributed by atoms with Crippen LogP contribution in [0, 0.1) is 0 Å². The zero-order chi connectivity index (χ0) is 10.6. The molecular formula is C11H15ClN2. The highest BCUT2D eigenvalue weighted by molar-refractivity contribution is 6.33. The fraction of sp³-hybridized carbons (Fsp3) is 0.273. The van der Waals surface area contributed by atoms with E-state index in [4.69, 9.17) is 17.3 Å². The maximum Gasteiger partial charge on any atom is 0.0739 e. The van der Waals surface area contributed by atoms with E-state index < -0.39 is 0 Å². The van der Waals surface area contributed by atoms with E-state index in [2.05, 4.69) is 25.2 Å². The maximum absolute atomic E-state index is 5.87. The Morgan fingerprint density at radius 1 is 1.50 bits per heavy atom. The van der Waals surface area contributed by atoms with Crippen LogP contribution < -0.4 is 11.1 Å². The van der Waals surface area contributed by atoms with E-state index in [0.717, 1.165) is 12.2 Å². The van der Waals surface area contributed by atoms with Gasteiger partial charge in [-0.2, -0.15) is 0 Å². The Hall–Kier alpha value is -1.15. The number of benzene rings is 1. The standard InChI is InChI=1S/C11H15ClN2/c1-8(2)6-7-14-10-5-3-4-9(12)11(10)13/h3-6,14H,7,13H2,1-2H3. The lowest BCUT2D eigenvalue weighted by Gasteiger charge is -2.08. The Balaban J connectivity index is 2.68. The highest BCUT2D eigenvalue weighted by Crippen LogP contribution is 2.26. The number of allylic oxidation sites excluding steroid dienone is 1. The number of halogens is 1. The third-order valence-corrected chi connectivity index (χ3v) is 2.19. The van der Waals surface area contributed by atoms with Gasteiger partial charge in [-0.1, -0.05) is 29.3 Å². The number of nitrogens with two attached hydrogens (primary N) is 1. The molecule has 0 aliphatic rings. The second-order valence-electron chi connectivity index (χ2n) is 3.36. The number of nitrogen functional groups attached to an aromatic ring is 1. The normalized spacial score (nSPS) is 9.64. The Kier molecular flexibility index (Phi) is 3.84. The smallest absolute Gasteiger partial charge is 0.0739 e. The molecule has 0 aliphatic heterocycles. The Bertz CT molecular complexity index is 341. The lowest BCUT2D eigenvalue weighted by Crippen LogP contribution is -2.02. The first kappa shape index (κ1) is 10.9. The average molecular weight is 211 g/mol. The molecule has 0 saturated heterocycles. The third-order valence-electron chi connectivity index (χ3n) is 1.86. The molecule has 0 heterocycles. The number of anilines is 2. The molecule has 0 amide bonds. The quantitative estimate of drug-likeness (QED) is 0.594. The molecule has 2 nitrogen and oxygen atoms in total. The summed E-state index contributed by atoms with van der Waals surface area (Å²) in [5, 5.41) is 3.79. The van der Waals surface area contributed by atoms with Crippen molar-refractivity contribution in [1.29, 1.82) is 0 Å². The van der Waals surface area contributed by atoms with Gasteiger partial charge in [0.1, 0.15) is 0 Å². The molecular weight excluding hydrogens is 196 g/mol. The number of nitrogens with one attached hydrogen (secondary N) is 1. The minimum atomic E-state index is 0.590. The van der Waals surface area contributed by atoms with Crippen molar-refractivity contribution < 1.29 is 0 Å². The van der Waals surface area contributed by atoms with Gasteiger partial charge in [0.05, 0.1) is 16.4 Å². The highest BCUT2D eigenvalue weighted by atomic mass is 35.5. The summed E-state index contributed by atoms with van der Waals surface area (Å²) < 4.78 is 0. The summed E-state index contributed by atoms with van der Waals surface area (Å²) in [4.78, 5) is 0. The van der Waals surface area contributed by atoms with E-state index in [1.54, 1.807) is 6.07 Å². The Labute approximate surface area is 89.8 Å². The highest BCUT2D eigenvalue weighted by Gasteiger charge is 2.00. The number of hydrogen-bond acceptors (Lipinski definition) is 2. The predicted molar refractivity (Wildman–Crippen MR) is 63.8 cm³/mol. The van der Waals surface area contributed by atoms with E-state index in [-0.39, 0.29) is 0 Å². The van der Waals surface area contributed by atoms with Crippen LogP contribution in [0.1, 0.15) is 13.8 Å². The van der Waals surface area contributed by atoms with Gasteiger partial charge in [0, 0.05) is 6.54 Å². The summed E-state index contributed by atoms with van der Waals surface area (Å²) in [6.07, 6.45) is 2.10. The van der Waals surface area contributed by atoms with Crippen LogP contribution >= 0.6 is 11.6 Å². The zero-order valence-electron chi connectivity index (χ0n) is 8.47. The zero-order valence-corrected chi connectivity index (χ0v) is 9.23. The van der Waals surface area contributed by atoms with Crippen molar-refractivity contribution in [3.8, 4) is 0 Å². The lowest BCUT2D eigenvalue weighted by molar-refractivity contribution is 1.26. The molecule has 0 aromatic heterocycles. The van der Waals surface area contributed by atoms with Crippen molar-refractivity contribution in [2.24, 2.45) is 0 Å². The van der Waals surface area contributed by atoms with Gasteiger partial charge in [-0.15, -0.1) is 0 Å². The molecule has 0 saturated carbocycles. The van der Waals surface area contributed by atoms with Gasteiger partial charge >= 0.3 is 0 Å². The van der Waals surface area contributed by atoms with Crippen LogP contribution in [0.3, 0.4) is 0 Å². The van der Waals surface area contributed by atoms with Crippen LogP contribution in [-0.4, -0.2) is 6.54 Å². The van der Waals surface area contributed by atoms with E-state index >= 15 is 0 Å². The van der Waals surface area contributed by atoms with Crippen LogP contribution in [0.25, 0.3) is 0 Å². The van der Waals surface area contributed by atoms with Crippen molar-refractivity contribution in [2.75, 3.05) is 17.6 Å². The van der Waals surface area contributed by atoms with Crippen molar-refractivity contribution >= 4 is 23.0 Å². The van der Waals surface area contributed by atoms with Crippen LogP contribution in [0.4, 0.5) is 11.4 Å². The Morgan fingerprint density at radius 3 is 2.86 bits per heavy atom. The molecule has 0 spiro atoms. The minimum Gasteiger partial charge on any atom is -0.396 e. The fourth-order valence-electron chi connectivity index (χ4n) is 1.06. The SMILES string of the molecule is CC(C)=CCNc1cccc(Cl)c1N. The van der Waals surface area contributed by atoms with E-state index in [9.17, 15) is 0 Å². The average Bonchev–Trinajstić information content (AvgIpc) is 2.12. The van der Waals surface area contributed by atoms with Crippen LogP contribution in [0.5, 0.6) is 0 Å². The van der Waals surface area contributed by atoms with Crippen LogP contribution in [-0.2, 0) is 0 Å². The summed E-state index contributed by atoms with van der Waals surface area (Å²) >= 11 is 5.87. The monoisotopic (exact) mass is 210 g/mol. The summed E-state index contributed by atoms with van der Waals surface area (Å²) in [7, 11) is 0. The minimum absolute atomic E-state index is 0.590. The van der Waals surface area contributed by atoms with Gasteiger partial charge in [-0.25, -0.2) is 0 Å². The van der Waals surface area contributed by atoms with E-state index in [1.165, 1.54) is 5.57 Å². The van der Waals surface area contributed by atoms with Crippen molar-refractivity contribution in [3.63, 3.8) is 0 Å². The molecule has 76 valence electrons. The van der Waals surface area contributed by atoms with Crippen LogP contribution in [0.2, 0.25) is 5.02 Å². The summed E-state index contributed by atoms with van der Waals surface area (Å²) in [6, 6.07) is 5.58. The maximum atomic E-state index is 5.87. The summed E-state index contributed by atoms with van der Waals surface area (Å²) in [5.41, 5.74) is 8.55. The van der Waals surface area contributed by atoms with Gasteiger partial charge in [-0.05, 0) is 26.0 Å². The summed E-state index contributed by atoms with van der Waals surface area (Å²) in [5.74, 6) is 0. The van der Waals surface area contributed by atoms with Crippen molar-refractivity contribution in [2.45, 2.75) is 13.8 Å². The van der Waals surface area contributed by atoms with Gasteiger partial charge in [0.25, 0.3) is 0 Å². The fourth-order valence-corrected chi connectivity index (χ4v) is 1.23. The largest absolute Gasteiger partial charge is 0.396 e. The molecule has 0 aliphatic carbocycles. The second-order valence-corrected chi connectivity index (χ2v) is 3.77. The molecule has 0 radical (unpaired) electrons. The van der Waals surface area contributed by atoms with Gasteiger partial charge in [0.15, 0.2) is 0 Å². The topological polar surface area (TPSA) is 38.0 Å². The number of rotatable bonds is 3. The van der Waals surface area contributed by atoms with Gasteiger partial charge in [0.2, 0.25) is 0 Å². The second kappa shape index (κ2) is 4.91. The van der Waals surface area contributed by atoms with Gasteiger partial charge in [-0.3, -0.25) is 0 Å². The lowest BCUT2D eigenvalue weighted by atomic mass is 10.2. The third kappa shape index (κ3) is 2.96. The molecule has 1 aromatic carbocycles. The molecule has 14 heavy (non-hydrogen) atoms. The number of para-hydroxylation sites is 1. The van der Waals surface area contributed by atoms with E-state index in [1.807, 2.05) is 12.1 Å². The Morgan fingerprint density at radius 2 is 2.21 bits per heavy atom. The molecule has 1 aromatic rings. The molecule has 3 heteroatoms.